The number of aryl methyl sites for hydroxylation is 1. The number of amides is 1. The van der Waals surface area contributed by atoms with Crippen molar-refractivity contribution in [3.63, 3.8) is 0 Å². The second-order valence-corrected chi connectivity index (χ2v) is 8.63. The van der Waals surface area contributed by atoms with Gasteiger partial charge in [-0.2, -0.15) is 4.31 Å². The maximum Gasteiger partial charge on any atom is 0.251 e. The monoisotopic (exact) mass is 383 g/mol. The number of rotatable bonds is 5. The average molecular weight is 383 g/mol. The third kappa shape index (κ3) is 4.07. The lowest BCUT2D eigenvalue weighted by Crippen LogP contribution is -2.40. The number of carbonyl (C=O) groups excluding carboxylic acids is 1. The van der Waals surface area contributed by atoms with Crippen molar-refractivity contribution in [2.45, 2.75) is 17.9 Å². The normalized spacial score (nSPS) is 24.5. The van der Waals surface area contributed by atoms with E-state index in [1.165, 1.54) is 16.4 Å². The molecule has 2 atom stereocenters. The van der Waals surface area contributed by atoms with Gasteiger partial charge in [0.15, 0.2) is 0 Å². The molecule has 2 heterocycles. The number of nitrogens with one attached hydrogen (secondary N) is 2. The van der Waals surface area contributed by atoms with Crippen LogP contribution in [0.1, 0.15) is 15.9 Å². The molecule has 0 aromatic heterocycles. The summed E-state index contributed by atoms with van der Waals surface area (Å²) in [4.78, 5) is 12.7. The summed E-state index contributed by atoms with van der Waals surface area (Å²) in [7, 11) is -3.65. The number of sulfonamides is 1. The van der Waals surface area contributed by atoms with Crippen molar-refractivity contribution in [3.8, 4) is 0 Å². The predicted octanol–water partition coefficient (Wildman–Crippen LogP) is -0.674. The van der Waals surface area contributed by atoms with Crippen LogP contribution in [-0.2, 0) is 14.8 Å². The van der Waals surface area contributed by atoms with E-state index >= 15 is 0 Å². The average Bonchev–Trinajstić information content (AvgIpc) is 3.05. The van der Waals surface area contributed by atoms with Crippen LogP contribution in [-0.4, -0.2) is 75.8 Å². The molecule has 2 aliphatic heterocycles. The number of benzene rings is 1. The summed E-state index contributed by atoms with van der Waals surface area (Å²) in [6.07, 6.45) is -0.482. The van der Waals surface area contributed by atoms with Crippen LogP contribution in [0.25, 0.3) is 0 Å². The highest BCUT2D eigenvalue weighted by Gasteiger charge is 2.28. The SMILES string of the molecule is Cc1ccc(S(=O)(=O)N2CCOCC2)cc1C(=O)NCC1CNCC1O. The molecule has 0 bridgehead atoms. The van der Waals surface area contributed by atoms with E-state index in [2.05, 4.69) is 10.6 Å². The number of carbonyl (C=O) groups is 1. The van der Waals surface area contributed by atoms with Crippen LogP contribution < -0.4 is 10.6 Å². The summed E-state index contributed by atoms with van der Waals surface area (Å²) in [6, 6.07) is 4.61. The Morgan fingerprint density at radius 2 is 2.08 bits per heavy atom. The first kappa shape index (κ1) is 19.2. The Bertz CT molecular complexity index is 762. The minimum Gasteiger partial charge on any atom is -0.391 e. The van der Waals surface area contributed by atoms with E-state index in [1.807, 2.05) is 0 Å². The molecule has 2 unspecified atom stereocenters. The molecule has 1 aromatic carbocycles. The highest BCUT2D eigenvalue weighted by molar-refractivity contribution is 7.89. The molecule has 8 nitrogen and oxygen atoms in total. The highest BCUT2D eigenvalue weighted by Crippen LogP contribution is 2.21. The van der Waals surface area contributed by atoms with Gasteiger partial charge >= 0.3 is 0 Å². The van der Waals surface area contributed by atoms with Gasteiger partial charge in [0.25, 0.3) is 5.91 Å². The first-order chi connectivity index (χ1) is 12.4. The summed E-state index contributed by atoms with van der Waals surface area (Å²) in [5.41, 5.74) is 1.04. The number of hydrogen-bond donors (Lipinski definition) is 3. The van der Waals surface area contributed by atoms with E-state index in [9.17, 15) is 18.3 Å². The number of β-amino-alcohol motifs (C(OH)–C–C–N with tert-alkyl or cyclic N) is 1. The Labute approximate surface area is 153 Å². The minimum absolute atomic E-state index is 0.0421. The Morgan fingerprint density at radius 1 is 1.35 bits per heavy atom. The Hall–Kier alpha value is -1.52. The van der Waals surface area contributed by atoms with Crippen molar-refractivity contribution >= 4 is 15.9 Å². The molecule has 2 aliphatic rings. The van der Waals surface area contributed by atoms with Crippen molar-refractivity contribution in [2.75, 3.05) is 45.9 Å². The van der Waals surface area contributed by atoms with Crippen molar-refractivity contribution in [2.24, 2.45) is 5.92 Å². The van der Waals surface area contributed by atoms with E-state index in [-0.39, 0.29) is 16.7 Å². The fraction of sp³-hybridized carbons (Fsp3) is 0.588. The highest BCUT2D eigenvalue weighted by atomic mass is 32.2. The van der Waals surface area contributed by atoms with Gasteiger partial charge in [0.1, 0.15) is 0 Å². The molecule has 144 valence electrons. The fourth-order valence-electron chi connectivity index (χ4n) is 3.19. The van der Waals surface area contributed by atoms with Crippen LogP contribution in [0.15, 0.2) is 23.1 Å². The molecule has 1 amide bonds. The van der Waals surface area contributed by atoms with E-state index in [0.29, 0.717) is 57.1 Å². The van der Waals surface area contributed by atoms with Gasteiger partial charge in [0.05, 0.1) is 24.2 Å². The third-order valence-electron chi connectivity index (χ3n) is 4.89. The van der Waals surface area contributed by atoms with Gasteiger partial charge in [-0.25, -0.2) is 8.42 Å². The second-order valence-electron chi connectivity index (χ2n) is 6.69. The summed E-state index contributed by atoms with van der Waals surface area (Å²) >= 11 is 0. The number of ether oxygens (including phenoxy) is 1. The van der Waals surface area contributed by atoms with Crippen molar-refractivity contribution in [1.82, 2.24) is 14.9 Å². The topological polar surface area (TPSA) is 108 Å². The lowest BCUT2D eigenvalue weighted by molar-refractivity contribution is 0.0730. The second kappa shape index (κ2) is 8.01. The van der Waals surface area contributed by atoms with Crippen molar-refractivity contribution in [1.29, 1.82) is 0 Å². The first-order valence-corrected chi connectivity index (χ1v) is 10.2. The number of nitrogens with zero attached hydrogens (tertiary/aromatic N) is 1. The number of morpholine rings is 1. The van der Waals surface area contributed by atoms with Crippen LogP contribution in [0.2, 0.25) is 0 Å². The molecule has 2 fully saturated rings. The molecular formula is C17H25N3O5S. The number of aliphatic hydroxyl groups excluding tert-OH is 1. The zero-order chi connectivity index (χ0) is 18.7. The van der Waals surface area contributed by atoms with Gasteiger partial charge in [-0.3, -0.25) is 4.79 Å². The number of aliphatic hydroxyl groups is 1. The van der Waals surface area contributed by atoms with Gasteiger partial charge in [0.2, 0.25) is 10.0 Å². The molecule has 1 aromatic rings. The van der Waals surface area contributed by atoms with Gasteiger partial charge in [-0.1, -0.05) is 6.07 Å². The molecule has 0 radical (unpaired) electrons. The lowest BCUT2D eigenvalue weighted by atomic mass is 10.1. The quantitative estimate of drug-likeness (QED) is 0.622. The fourth-order valence-corrected chi connectivity index (χ4v) is 4.62. The zero-order valence-corrected chi connectivity index (χ0v) is 15.6. The Morgan fingerprint density at radius 3 is 2.73 bits per heavy atom. The van der Waals surface area contributed by atoms with Gasteiger partial charge in [0, 0.05) is 44.2 Å². The van der Waals surface area contributed by atoms with Gasteiger partial charge < -0.3 is 20.5 Å². The van der Waals surface area contributed by atoms with Crippen LogP contribution in [0, 0.1) is 12.8 Å². The van der Waals surface area contributed by atoms with Crippen LogP contribution in [0.3, 0.4) is 0 Å². The van der Waals surface area contributed by atoms with Crippen molar-refractivity contribution < 1.29 is 23.1 Å². The lowest BCUT2D eigenvalue weighted by Gasteiger charge is -2.26. The van der Waals surface area contributed by atoms with E-state index in [1.54, 1.807) is 13.0 Å². The van der Waals surface area contributed by atoms with Crippen LogP contribution >= 0.6 is 0 Å². The zero-order valence-electron chi connectivity index (χ0n) is 14.8. The summed E-state index contributed by atoms with van der Waals surface area (Å²) < 4.78 is 32.1. The summed E-state index contributed by atoms with van der Waals surface area (Å²) in [5, 5.41) is 15.7. The maximum absolute atomic E-state index is 12.8. The minimum atomic E-state index is -3.65. The molecule has 0 spiro atoms. The summed E-state index contributed by atoms with van der Waals surface area (Å²) in [5.74, 6) is -0.375. The summed E-state index contributed by atoms with van der Waals surface area (Å²) in [6.45, 7) is 4.64. The molecule has 2 saturated heterocycles. The molecular weight excluding hydrogens is 358 g/mol. The maximum atomic E-state index is 12.8. The van der Waals surface area contributed by atoms with E-state index in [4.69, 9.17) is 4.74 Å². The van der Waals surface area contributed by atoms with E-state index in [0.717, 1.165) is 0 Å². The molecule has 9 heteroatoms. The van der Waals surface area contributed by atoms with Gasteiger partial charge in [-0.05, 0) is 24.6 Å². The van der Waals surface area contributed by atoms with Crippen LogP contribution in [0.5, 0.6) is 0 Å². The molecule has 26 heavy (non-hydrogen) atoms. The van der Waals surface area contributed by atoms with Crippen LogP contribution in [0.4, 0.5) is 0 Å². The first-order valence-electron chi connectivity index (χ1n) is 8.75. The Kier molecular flexibility index (Phi) is 5.93. The molecule has 3 N–H and O–H groups in total. The van der Waals surface area contributed by atoms with E-state index < -0.39 is 16.1 Å². The third-order valence-corrected chi connectivity index (χ3v) is 6.79. The van der Waals surface area contributed by atoms with Gasteiger partial charge in [-0.15, -0.1) is 0 Å². The molecule has 0 aliphatic carbocycles. The molecule has 0 saturated carbocycles. The Balaban J connectivity index is 1.75. The molecule has 3 rings (SSSR count). The number of hydrogen-bond acceptors (Lipinski definition) is 6. The standard InChI is InChI=1S/C17H25N3O5S/c1-12-2-3-14(26(23,24)20-4-6-25-7-5-20)8-15(12)17(22)19-10-13-9-18-11-16(13)21/h2-3,8,13,16,18,21H,4-7,9-11H2,1H3,(H,19,22). The predicted molar refractivity (Wildman–Crippen MR) is 95.5 cm³/mol. The smallest absolute Gasteiger partial charge is 0.251 e. The van der Waals surface area contributed by atoms with Crippen molar-refractivity contribution in [3.05, 3.63) is 29.3 Å². The largest absolute Gasteiger partial charge is 0.391 e.